The zero-order valence-corrected chi connectivity index (χ0v) is 15.9. The minimum atomic E-state index is -4.28. The summed E-state index contributed by atoms with van der Waals surface area (Å²) in [6, 6.07) is 7.46. The number of hydrogen-bond acceptors (Lipinski definition) is 4. The quantitative estimate of drug-likeness (QED) is 0.796. The highest BCUT2D eigenvalue weighted by molar-refractivity contribution is 5.40. The van der Waals surface area contributed by atoms with E-state index in [1.165, 1.54) is 0 Å². The third-order valence-electron chi connectivity index (χ3n) is 4.76. The van der Waals surface area contributed by atoms with Crippen LogP contribution in [-0.4, -0.2) is 41.0 Å². The molecule has 2 aromatic rings. The Hall–Kier alpha value is -2.15. The molecule has 0 aliphatic carbocycles. The summed E-state index contributed by atoms with van der Waals surface area (Å²) in [6.07, 6.45) is -4.28. The molecule has 1 aliphatic rings. The molecule has 1 fully saturated rings. The van der Waals surface area contributed by atoms with Crippen LogP contribution in [0.3, 0.4) is 0 Å². The fourth-order valence-electron chi connectivity index (χ4n) is 3.19. The van der Waals surface area contributed by atoms with Gasteiger partial charge in [0.15, 0.2) is 0 Å². The molecule has 4 nitrogen and oxygen atoms in total. The Kier molecular flexibility index (Phi) is 5.69. The predicted octanol–water partition coefficient (Wildman–Crippen LogP) is 4.25. The van der Waals surface area contributed by atoms with Crippen molar-refractivity contribution in [3.05, 3.63) is 53.0 Å². The van der Waals surface area contributed by atoms with Crippen LogP contribution < -0.4 is 4.90 Å². The van der Waals surface area contributed by atoms with Gasteiger partial charge < -0.3 is 4.90 Å². The molecular weight excluding hydrogens is 353 g/mol. The number of halogens is 3. The molecule has 27 heavy (non-hydrogen) atoms. The second-order valence-corrected chi connectivity index (χ2v) is 7.34. The highest BCUT2D eigenvalue weighted by Crippen LogP contribution is 2.29. The fourth-order valence-corrected chi connectivity index (χ4v) is 3.19. The maximum absolute atomic E-state index is 12.7. The van der Waals surface area contributed by atoms with Gasteiger partial charge in [-0.05, 0) is 24.6 Å². The molecule has 2 heterocycles. The number of nitrogens with zero attached hydrogens (tertiary/aromatic N) is 4. The highest BCUT2D eigenvalue weighted by Gasteiger charge is 2.30. The van der Waals surface area contributed by atoms with Gasteiger partial charge in [0.2, 0.25) is 0 Å². The average molecular weight is 378 g/mol. The van der Waals surface area contributed by atoms with Crippen LogP contribution in [0.1, 0.15) is 42.4 Å². The van der Waals surface area contributed by atoms with Gasteiger partial charge in [-0.3, -0.25) is 4.90 Å². The third kappa shape index (κ3) is 4.97. The molecule has 7 heteroatoms. The number of alkyl halides is 3. The maximum Gasteiger partial charge on any atom is 0.416 e. The van der Waals surface area contributed by atoms with Gasteiger partial charge >= 0.3 is 6.18 Å². The van der Waals surface area contributed by atoms with Crippen molar-refractivity contribution >= 4 is 5.82 Å². The van der Waals surface area contributed by atoms with Crippen LogP contribution in [0.25, 0.3) is 0 Å². The van der Waals surface area contributed by atoms with E-state index in [0.29, 0.717) is 6.54 Å². The van der Waals surface area contributed by atoms with Gasteiger partial charge in [0.1, 0.15) is 11.6 Å². The van der Waals surface area contributed by atoms with E-state index in [1.807, 2.05) is 13.0 Å². The van der Waals surface area contributed by atoms with E-state index in [-0.39, 0.29) is 5.92 Å². The zero-order valence-electron chi connectivity index (χ0n) is 15.9. The van der Waals surface area contributed by atoms with Gasteiger partial charge in [0.25, 0.3) is 0 Å². The Morgan fingerprint density at radius 1 is 1.00 bits per heavy atom. The molecule has 0 atom stereocenters. The van der Waals surface area contributed by atoms with E-state index in [0.717, 1.165) is 61.2 Å². The molecule has 3 rings (SSSR count). The summed E-state index contributed by atoms with van der Waals surface area (Å²) >= 11 is 0. The minimum absolute atomic E-state index is 0.282. The van der Waals surface area contributed by atoms with Crippen LogP contribution in [-0.2, 0) is 12.7 Å². The van der Waals surface area contributed by atoms with Crippen molar-refractivity contribution in [1.82, 2.24) is 14.9 Å². The number of hydrogen-bond donors (Lipinski definition) is 0. The normalized spacial score (nSPS) is 16.2. The summed E-state index contributed by atoms with van der Waals surface area (Å²) in [5.41, 5.74) is 1.27. The first kappa shape index (κ1) is 19.6. The molecule has 1 saturated heterocycles. The van der Waals surface area contributed by atoms with Gasteiger partial charge in [-0.15, -0.1) is 0 Å². The topological polar surface area (TPSA) is 32.3 Å². The molecule has 146 valence electrons. The van der Waals surface area contributed by atoms with Crippen LogP contribution in [0.4, 0.5) is 19.0 Å². The van der Waals surface area contributed by atoms with Crippen LogP contribution in [0.2, 0.25) is 0 Å². The lowest BCUT2D eigenvalue weighted by atomic mass is 10.1. The van der Waals surface area contributed by atoms with E-state index < -0.39 is 11.7 Å². The zero-order chi connectivity index (χ0) is 19.6. The predicted molar refractivity (Wildman–Crippen MR) is 99.8 cm³/mol. The Bertz CT molecular complexity index is 764. The second-order valence-electron chi connectivity index (χ2n) is 7.34. The lowest BCUT2D eigenvalue weighted by Crippen LogP contribution is -2.46. The lowest BCUT2D eigenvalue weighted by molar-refractivity contribution is -0.137. The SMILES string of the molecule is Cc1cc(N2CCN(Cc3ccc(C(F)(F)F)cc3)CC2)nc(C(C)C)n1. The summed E-state index contributed by atoms with van der Waals surface area (Å²) in [7, 11) is 0. The van der Waals surface area contributed by atoms with Gasteiger partial charge in [0.05, 0.1) is 5.56 Å². The van der Waals surface area contributed by atoms with Crippen molar-refractivity contribution in [3.8, 4) is 0 Å². The number of aromatic nitrogens is 2. The first-order valence-corrected chi connectivity index (χ1v) is 9.21. The summed E-state index contributed by atoms with van der Waals surface area (Å²) in [6.45, 7) is 10.2. The molecule has 0 unspecified atom stereocenters. The minimum Gasteiger partial charge on any atom is -0.354 e. The van der Waals surface area contributed by atoms with E-state index in [9.17, 15) is 13.2 Å². The van der Waals surface area contributed by atoms with Crippen LogP contribution >= 0.6 is 0 Å². The molecule has 1 aromatic heterocycles. The van der Waals surface area contributed by atoms with Crippen molar-refractivity contribution < 1.29 is 13.2 Å². The smallest absolute Gasteiger partial charge is 0.354 e. The first-order valence-electron chi connectivity index (χ1n) is 9.21. The molecule has 0 saturated carbocycles. The van der Waals surface area contributed by atoms with Gasteiger partial charge in [-0.1, -0.05) is 26.0 Å². The molecule has 0 radical (unpaired) electrons. The second kappa shape index (κ2) is 7.84. The Balaban J connectivity index is 1.59. The van der Waals surface area contributed by atoms with E-state index in [4.69, 9.17) is 0 Å². The molecule has 1 aliphatic heterocycles. The van der Waals surface area contributed by atoms with E-state index in [2.05, 4.69) is 33.6 Å². The van der Waals surface area contributed by atoms with Gasteiger partial charge in [-0.2, -0.15) is 13.2 Å². The Labute approximate surface area is 158 Å². The fraction of sp³-hybridized carbons (Fsp3) is 0.500. The standard InChI is InChI=1S/C20H25F3N4/c1-14(2)19-24-15(3)12-18(25-19)27-10-8-26(9-11-27)13-16-4-6-17(7-5-16)20(21,22)23/h4-7,12,14H,8-11,13H2,1-3H3. The van der Waals surface area contributed by atoms with Gasteiger partial charge in [-0.25, -0.2) is 9.97 Å². The van der Waals surface area contributed by atoms with Crippen molar-refractivity contribution in [2.45, 2.75) is 39.4 Å². The first-order chi connectivity index (χ1) is 12.7. The van der Waals surface area contributed by atoms with E-state index >= 15 is 0 Å². The number of anilines is 1. The molecule has 0 amide bonds. The number of benzene rings is 1. The Morgan fingerprint density at radius 2 is 1.63 bits per heavy atom. The summed E-state index contributed by atoms with van der Waals surface area (Å²) in [4.78, 5) is 13.7. The monoisotopic (exact) mass is 378 g/mol. The number of rotatable bonds is 4. The summed E-state index contributed by atoms with van der Waals surface area (Å²) < 4.78 is 38.0. The lowest BCUT2D eigenvalue weighted by Gasteiger charge is -2.35. The van der Waals surface area contributed by atoms with Crippen LogP contribution in [0.15, 0.2) is 30.3 Å². The Morgan fingerprint density at radius 3 is 2.19 bits per heavy atom. The molecule has 0 N–H and O–H groups in total. The molecule has 0 bridgehead atoms. The highest BCUT2D eigenvalue weighted by atomic mass is 19.4. The maximum atomic E-state index is 12.7. The number of aryl methyl sites for hydroxylation is 1. The molecular formula is C20H25F3N4. The van der Waals surface area contributed by atoms with Crippen LogP contribution in [0, 0.1) is 6.92 Å². The number of piperazine rings is 1. The third-order valence-corrected chi connectivity index (χ3v) is 4.76. The summed E-state index contributed by atoms with van der Waals surface area (Å²) in [5, 5.41) is 0. The van der Waals surface area contributed by atoms with Crippen molar-refractivity contribution in [3.63, 3.8) is 0 Å². The van der Waals surface area contributed by atoms with Gasteiger partial charge in [0, 0.05) is 50.4 Å². The molecule has 1 aromatic carbocycles. The largest absolute Gasteiger partial charge is 0.416 e. The van der Waals surface area contributed by atoms with E-state index in [1.54, 1.807) is 12.1 Å². The average Bonchev–Trinajstić information content (AvgIpc) is 2.61. The van der Waals surface area contributed by atoms with Crippen molar-refractivity contribution in [2.24, 2.45) is 0 Å². The summed E-state index contributed by atoms with van der Waals surface area (Å²) in [5.74, 6) is 2.10. The van der Waals surface area contributed by atoms with Crippen molar-refractivity contribution in [2.75, 3.05) is 31.1 Å². The van der Waals surface area contributed by atoms with Crippen LogP contribution in [0.5, 0.6) is 0 Å². The molecule has 0 spiro atoms. The van der Waals surface area contributed by atoms with Crippen molar-refractivity contribution in [1.29, 1.82) is 0 Å².